The number of ether oxygens (including phenoxy) is 4. The van der Waals surface area contributed by atoms with E-state index in [0.29, 0.717) is 29.9 Å². The van der Waals surface area contributed by atoms with Crippen molar-refractivity contribution in [3.8, 4) is 23.3 Å². The normalized spacial score (nSPS) is 13.7. The predicted octanol–water partition coefficient (Wildman–Crippen LogP) is 4.71. The van der Waals surface area contributed by atoms with Gasteiger partial charge in [-0.25, -0.2) is 9.97 Å². The van der Waals surface area contributed by atoms with Crippen molar-refractivity contribution >= 4 is 11.4 Å². The Morgan fingerprint density at radius 1 is 0.818 bits per heavy atom. The number of aromatic nitrogens is 2. The number of benzene rings is 1. The molecule has 1 aliphatic rings. The van der Waals surface area contributed by atoms with Crippen LogP contribution in [0.5, 0.6) is 23.3 Å². The minimum atomic E-state index is -0.219. The molecule has 0 spiro atoms. The fourth-order valence-corrected chi connectivity index (χ4v) is 3.63. The fourth-order valence-electron chi connectivity index (χ4n) is 3.63. The van der Waals surface area contributed by atoms with E-state index in [1.54, 1.807) is 33.7 Å². The van der Waals surface area contributed by atoms with E-state index in [0.717, 1.165) is 22.5 Å². The third-order valence-electron chi connectivity index (χ3n) is 5.53. The molecule has 0 amide bonds. The van der Waals surface area contributed by atoms with E-state index in [1.165, 1.54) is 0 Å². The highest BCUT2D eigenvalue weighted by Crippen LogP contribution is 2.38. The average Bonchev–Trinajstić information content (AvgIpc) is 3.35. The summed E-state index contributed by atoms with van der Waals surface area (Å²) >= 11 is 0. The van der Waals surface area contributed by atoms with E-state index in [1.807, 2.05) is 55.7 Å². The van der Waals surface area contributed by atoms with Gasteiger partial charge in [0.05, 0.1) is 39.9 Å². The first-order valence-electron chi connectivity index (χ1n) is 10.6. The molecule has 0 saturated heterocycles. The maximum Gasteiger partial charge on any atom is 0.213 e. The second-order valence-electron chi connectivity index (χ2n) is 7.62. The van der Waals surface area contributed by atoms with Crippen molar-refractivity contribution in [1.29, 1.82) is 0 Å². The number of aryl methyl sites for hydroxylation is 1. The van der Waals surface area contributed by atoms with Crippen LogP contribution in [-0.4, -0.2) is 38.0 Å². The molecule has 2 aromatic heterocycles. The molecule has 0 saturated carbocycles. The zero-order chi connectivity index (χ0) is 23.4. The lowest BCUT2D eigenvalue weighted by Gasteiger charge is -2.25. The number of anilines is 2. The van der Waals surface area contributed by atoms with Gasteiger partial charge in [-0.2, -0.15) is 0 Å². The molecule has 0 N–H and O–H groups in total. The lowest BCUT2D eigenvalue weighted by atomic mass is 10.1. The molecule has 3 heterocycles. The van der Waals surface area contributed by atoms with E-state index in [-0.39, 0.29) is 6.10 Å². The zero-order valence-corrected chi connectivity index (χ0v) is 19.5. The molecule has 1 unspecified atom stereocenters. The largest absolute Gasteiger partial charge is 0.493 e. The van der Waals surface area contributed by atoms with Gasteiger partial charge in [0.15, 0.2) is 11.5 Å². The van der Waals surface area contributed by atoms with Gasteiger partial charge in [-0.15, -0.1) is 0 Å². The highest BCUT2D eigenvalue weighted by Gasteiger charge is 2.21. The van der Waals surface area contributed by atoms with Gasteiger partial charge in [-0.05, 0) is 37.6 Å². The summed E-state index contributed by atoms with van der Waals surface area (Å²) in [4.78, 5) is 12.8. The van der Waals surface area contributed by atoms with Gasteiger partial charge in [-0.1, -0.05) is 0 Å². The fraction of sp³-hybridized carbons (Fsp3) is 0.280. The molecule has 1 aliphatic heterocycles. The minimum absolute atomic E-state index is 0.219. The maximum atomic E-state index is 6.29. The number of pyridine rings is 2. The van der Waals surface area contributed by atoms with Gasteiger partial charge >= 0.3 is 0 Å². The quantitative estimate of drug-likeness (QED) is 0.491. The summed E-state index contributed by atoms with van der Waals surface area (Å²) in [6.45, 7) is 4.69. The highest BCUT2D eigenvalue weighted by atomic mass is 16.5. The van der Waals surface area contributed by atoms with Gasteiger partial charge in [-0.3, -0.25) is 0 Å². The lowest BCUT2D eigenvalue weighted by molar-refractivity contribution is 0.215. The topological polar surface area (TPSA) is 69.2 Å². The molecule has 4 rings (SSSR count). The van der Waals surface area contributed by atoms with Crippen LogP contribution in [0.1, 0.15) is 24.2 Å². The van der Waals surface area contributed by atoms with Crippen LogP contribution in [-0.2, 0) is 0 Å². The Morgan fingerprint density at radius 3 is 2.12 bits per heavy atom. The number of methoxy groups -OCH3 is 3. The Kier molecular flexibility index (Phi) is 6.53. The Labute approximate surface area is 194 Å². The standard InChI is InChI=1S/C25H28N4O4/c1-17-12-22(30-3)23(33-18(2)19-6-8-24(31-4)26-14-19)13-21(17)29-11-10-28(16-29)20-7-9-25(32-5)27-15-20/h6-15,18H,16H2,1-5H3. The van der Waals surface area contributed by atoms with Crippen LogP contribution in [0.2, 0.25) is 0 Å². The number of rotatable bonds is 8. The number of hydrogen-bond acceptors (Lipinski definition) is 8. The van der Waals surface area contributed by atoms with Gasteiger partial charge in [0, 0.05) is 48.0 Å². The van der Waals surface area contributed by atoms with Crippen LogP contribution in [0.25, 0.3) is 0 Å². The molecular weight excluding hydrogens is 420 g/mol. The molecule has 172 valence electrons. The Hall–Kier alpha value is -3.94. The maximum absolute atomic E-state index is 6.29. The summed E-state index contributed by atoms with van der Waals surface area (Å²) in [6.07, 6.45) is 7.41. The van der Waals surface area contributed by atoms with Crippen molar-refractivity contribution in [2.75, 3.05) is 37.8 Å². The molecule has 0 fully saturated rings. The first-order valence-corrected chi connectivity index (χ1v) is 10.6. The summed E-state index contributed by atoms with van der Waals surface area (Å²) in [7, 11) is 4.85. The molecule has 0 radical (unpaired) electrons. The van der Waals surface area contributed by atoms with Crippen molar-refractivity contribution in [2.24, 2.45) is 0 Å². The second kappa shape index (κ2) is 9.68. The molecule has 8 heteroatoms. The summed E-state index contributed by atoms with van der Waals surface area (Å²) in [5, 5.41) is 0. The Bertz CT molecular complexity index is 1120. The summed E-state index contributed by atoms with van der Waals surface area (Å²) < 4.78 is 22.2. The zero-order valence-electron chi connectivity index (χ0n) is 19.5. The van der Waals surface area contributed by atoms with E-state index < -0.39 is 0 Å². The molecule has 0 bridgehead atoms. The molecule has 8 nitrogen and oxygen atoms in total. The monoisotopic (exact) mass is 448 g/mol. The van der Waals surface area contributed by atoms with Gasteiger partial charge in [0.2, 0.25) is 11.8 Å². The Balaban J connectivity index is 1.54. The van der Waals surface area contributed by atoms with Crippen molar-refractivity contribution in [3.63, 3.8) is 0 Å². The van der Waals surface area contributed by atoms with Crippen LogP contribution < -0.4 is 28.7 Å². The minimum Gasteiger partial charge on any atom is -0.493 e. The van der Waals surface area contributed by atoms with E-state index in [2.05, 4.69) is 26.7 Å². The van der Waals surface area contributed by atoms with Crippen molar-refractivity contribution < 1.29 is 18.9 Å². The molecule has 0 aliphatic carbocycles. The van der Waals surface area contributed by atoms with Gasteiger partial charge < -0.3 is 28.7 Å². The predicted molar refractivity (Wildman–Crippen MR) is 127 cm³/mol. The van der Waals surface area contributed by atoms with E-state index >= 15 is 0 Å². The van der Waals surface area contributed by atoms with Gasteiger partial charge in [0.1, 0.15) is 6.10 Å². The van der Waals surface area contributed by atoms with E-state index in [4.69, 9.17) is 18.9 Å². The van der Waals surface area contributed by atoms with Crippen LogP contribution in [0.15, 0.2) is 61.2 Å². The first-order chi connectivity index (χ1) is 16.0. The second-order valence-corrected chi connectivity index (χ2v) is 7.62. The number of nitrogens with zero attached hydrogens (tertiary/aromatic N) is 4. The molecule has 1 aromatic carbocycles. The van der Waals surface area contributed by atoms with Crippen LogP contribution in [0.4, 0.5) is 11.4 Å². The van der Waals surface area contributed by atoms with Crippen LogP contribution in [0, 0.1) is 6.92 Å². The Morgan fingerprint density at radius 2 is 1.52 bits per heavy atom. The third kappa shape index (κ3) is 4.79. The molecular formula is C25H28N4O4. The number of hydrogen-bond donors (Lipinski definition) is 0. The first kappa shape index (κ1) is 22.3. The molecule has 33 heavy (non-hydrogen) atoms. The van der Waals surface area contributed by atoms with Crippen molar-refractivity contribution in [1.82, 2.24) is 9.97 Å². The smallest absolute Gasteiger partial charge is 0.213 e. The third-order valence-corrected chi connectivity index (χ3v) is 5.53. The molecule has 3 aromatic rings. The van der Waals surface area contributed by atoms with Gasteiger partial charge in [0.25, 0.3) is 0 Å². The van der Waals surface area contributed by atoms with Crippen LogP contribution >= 0.6 is 0 Å². The van der Waals surface area contributed by atoms with Crippen molar-refractivity contribution in [3.05, 3.63) is 72.3 Å². The van der Waals surface area contributed by atoms with Crippen LogP contribution in [0.3, 0.4) is 0 Å². The summed E-state index contributed by atoms with van der Waals surface area (Å²) in [5.74, 6) is 2.51. The summed E-state index contributed by atoms with van der Waals surface area (Å²) in [6, 6.07) is 11.6. The van der Waals surface area contributed by atoms with Crippen molar-refractivity contribution in [2.45, 2.75) is 20.0 Å². The van der Waals surface area contributed by atoms with E-state index in [9.17, 15) is 0 Å². The summed E-state index contributed by atoms with van der Waals surface area (Å²) in [5.41, 5.74) is 4.04. The highest BCUT2D eigenvalue weighted by molar-refractivity contribution is 5.66. The average molecular weight is 449 g/mol. The lowest BCUT2D eigenvalue weighted by Crippen LogP contribution is -2.25. The molecule has 1 atom stereocenters. The SMILES string of the molecule is COc1ccc(C(C)Oc2cc(N3C=CN(c4ccc(OC)nc4)C3)c(C)cc2OC)cn1.